The second-order valence-electron chi connectivity index (χ2n) is 6.94. The quantitative estimate of drug-likeness (QED) is 0.816. The van der Waals surface area contributed by atoms with Gasteiger partial charge in [-0.3, -0.25) is 9.69 Å². The van der Waals surface area contributed by atoms with Gasteiger partial charge in [0.05, 0.1) is 0 Å². The van der Waals surface area contributed by atoms with Crippen molar-refractivity contribution in [2.45, 2.75) is 64.5 Å². The lowest BCUT2D eigenvalue weighted by atomic mass is 9.85. The Labute approximate surface area is 147 Å². The number of nitrogens with one attached hydrogen (secondary N) is 1. The van der Waals surface area contributed by atoms with Crippen molar-refractivity contribution >= 4 is 30.7 Å². The van der Waals surface area contributed by atoms with E-state index in [-0.39, 0.29) is 42.7 Å². The van der Waals surface area contributed by atoms with Crippen LogP contribution in [0.15, 0.2) is 0 Å². The lowest BCUT2D eigenvalue weighted by molar-refractivity contribution is -0.126. The highest BCUT2D eigenvalue weighted by Gasteiger charge is 2.26. The van der Waals surface area contributed by atoms with E-state index in [1.165, 1.54) is 25.9 Å². The van der Waals surface area contributed by atoms with Crippen molar-refractivity contribution in [2.75, 3.05) is 19.6 Å². The van der Waals surface area contributed by atoms with Gasteiger partial charge in [0.1, 0.15) is 0 Å². The highest BCUT2D eigenvalue weighted by molar-refractivity contribution is 5.85. The van der Waals surface area contributed by atoms with E-state index in [2.05, 4.69) is 24.1 Å². The Kier molecular flexibility index (Phi) is 10.7. The summed E-state index contributed by atoms with van der Waals surface area (Å²) in [5, 5.41) is 3.15. The fourth-order valence-corrected chi connectivity index (χ4v) is 3.46. The molecule has 132 valence electrons. The van der Waals surface area contributed by atoms with Crippen LogP contribution in [0.5, 0.6) is 0 Å². The minimum absolute atomic E-state index is 0. The average Bonchev–Trinajstić information content (AvgIpc) is 2.45. The van der Waals surface area contributed by atoms with Crippen LogP contribution in [0.2, 0.25) is 0 Å². The van der Waals surface area contributed by atoms with Crippen LogP contribution in [-0.2, 0) is 4.79 Å². The molecule has 2 fully saturated rings. The summed E-state index contributed by atoms with van der Waals surface area (Å²) in [5.74, 6) is 1.22. The molecule has 3 N–H and O–H groups in total. The Bertz CT molecular complexity index is 323. The van der Waals surface area contributed by atoms with Gasteiger partial charge in [0, 0.05) is 24.5 Å². The van der Waals surface area contributed by atoms with Crippen LogP contribution in [-0.4, -0.2) is 42.5 Å². The summed E-state index contributed by atoms with van der Waals surface area (Å²) < 4.78 is 0. The van der Waals surface area contributed by atoms with E-state index < -0.39 is 0 Å². The number of piperidine rings is 1. The van der Waals surface area contributed by atoms with Crippen molar-refractivity contribution in [3.63, 3.8) is 0 Å². The summed E-state index contributed by atoms with van der Waals surface area (Å²) in [6, 6.07) is 0.671. The molecule has 1 aliphatic heterocycles. The first-order valence-corrected chi connectivity index (χ1v) is 8.33. The predicted octanol–water partition coefficient (Wildman–Crippen LogP) is 2.58. The van der Waals surface area contributed by atoms with Gasteiger partial charge >= 0.3 is 0 Å². The van der Waals surface area contributed by atoms with Gasteiger partial charge in [-0.25, -0.2) is 0 Å². The number of amides is 1. The van der Waals surface area contributed by atoms with E-state index in [1.807, 2.05) is 0 Å². The molecular formula is C16H33Cl2N3O. The van der Waals surface area contributed by atoms with E-state index in [9.17, 15) is 4.79 Å². The largest absolute Gasteiger partial charge is 0.354 e. The van der Waals surface area contributed by atoms with Crippen molar-refractivity contribution in [3.8, 4) is 0 Å². The topological polar surface area (TPSA) is 58.4 Å². The first kappa shape index (κ1) is 22.0. The second kappa shape index (κ2) is 10.7. The molecule has 3 unspecified atom stereocenters. The zero-order valence-corrected chi connectivity index (χ0v) is 15.6. The summed E-state index contributed by atoms with van der Waals surface area (Å²) in [5.41, 5.74) is 5.96. The van der Waals surface area contributed by atoms with Gasteiger partial charge in [-0.2, -0.15) is 0 Å². The third-order valence-electron chi connectivity index (χ3n) is 5.10. The van der Waals surface area contributed by atoms with E-state index in [0.717, 1.165) is 38.1 Å². The minimum atomic E-state index is 0. The first-order chi connectivity index (χ1) is 9.56. The Morgan fingerprint density at radius 1 is 1.23 bits per heavy atom. The molecule has 3 atom stereocenters. The molecule has 0 aromatic heterocycles. The molecule has 2 aliphatic rings. The molecule has 1 heterocycles. The van der Waals surface area contributed by atoms with E-state index >= 15 is 0 Å². The Morgan fingerprint density at radius 2 is 1.86 bits per heavy atom. The first-order valence-electron chi connectivity index (χ1n) is 8.33. The fraction of sp³-hybridized carbons (Fsp3) is 0.938. The molecule has 1 aliphatic carbocycles. The molecule has 0 radical (unpaired) electrons. The number of hydrogen-bond acceptors (Lipinski definition) is 3. The number of rotatable bonds is 4. The van der Waals surface area contributed by atoms with E-state index in [0.29, 0.717) is 6.04 Å². The Hall–Kier alpha value is -0.0300. The normalized spacial score (nSPS) is 28.1. The molecule has 0 aromatic carbocycles. The summed E-state index contributed by atoms with van der Waals surface area (Å²) in [6.45, 7) is 7.68. The maximum atomic E-state index is 12.2. The molecule has 2 rings (SSSR count). The maximum Gasteiger partial charge on any atom is 0.223 e. The van der Waals surface area contributed by atoms with Crippen LogP contribution in [0.3, 0.4) is 0 Å². The number of nitrogens with two attached hydrogens (primary N) is 1. The molecule has 22 heavy (non-hydrogen) atoms. The SMILES string of the molecule is CC1CCN(C(C)CNC(=O)C2CCCC(N)C2)CC1.Cl.Cl. The zero-order chi connectivity index (χ0) is 14.5. The predicted molar refractivity (Wildman–Crippen MR) is 96.9 cm³/mol. The van der Waals surface area contributed by atoms with E-state index in [1.54, 1.807) is 0 Å². The summed E-state index contributed by atoms with van der Waals surface area (Å²) in [4.78, 5) is 14.7. The fourth-order valence-electron chi connectivity index (χ4n) is 3.46. The van der Waals surface area contributed by atoms with Gasteiger partial charge in [0.2, 0.25) is 5.91 Å². The number of halogens is 2. The minimum Gasteiger partial charge on any atom is -0.354 e. The molecular weight excluding hydrogens is 321 g/mol. The summed E-state index contributed by atoms with van der Waals surface area (Å²) in [7, 11) is 0. The molecule has 6 heteroatoms. The van der Waals surface area contributed by atoms with Crippen LogP contribution < -0.4 is 11.1 Å². The second-order valence-corrected chi connectivity index (χ2v) is 6.94. The molecule has 0 bridgehead atoms. The van der Waals surface area contributed by atoms with Gasteiger partial charge in [0.25, 0.3) is 0 Å². The van der Waals surface area contributed by atoms with Gasteiger partial charge < -0.3 is 11.1 Å². The van der Waals surface area contributed by atoms with Crippen molar-refractivity contribution < 1.29 is 4.79 Å². The third-order valence-corrected chi connectivity index (χ3v) is 5.10. The number of carbonyl (C=O) groups excluding carboxylic acids is 1. The summed E-state index contributed by atoms with van der Waals surface area (Å²) >= 11 is 0. The van der Waals surface area contributed by atoms with Crippen LogP contribution in [0, 0.1) is 11.8 Å². The number of carbonyl (C=O) groups is 1. The molecule has 4 nitrogen and oxygen atoms in total. The van der Waals surface area contributed by atoms with E-state index in [4.69, 9.17) is 5.73 Å². The molecule has 0 spiro atoms. The standard InChI is InChI=1S/C16H31N3O.2ClH/c1-12-6-8-19(9-7-12)13(2)11-18-16(20)14-4-3-5-15(17)10-14;;/h12-15H,3-11,17H2,1-2H3,(H,18,20);2*1H. The lowest BCUT2D eigenvalue weighted by Crippen LogP contribution is -2.47. The van der Waals surface area contributed by atoms with Crippen molar-refractivity contribution in [1.29, 1.82) is 0 Å². The maximum absolute atomic E-state index is 12.2. The molecule has 1 saturated heterocycles. The highest BCUT2D eigenvalue weighted by Crippen LogP contribution is 2.23. The number of nitrogens with zero attached hydrogens (tertiary/aromatic N) is 1. The van der Waals surface area contributed by atoms with Crippen molar-refractivity contribution in [1.82, 2.24) is 10.2 Å². The van der Waals surface area contributed by atoms with Crippen LogP contribution in [0.25, 0.3) is 0 Å². The van der Waals surface area contributed by atoms with Gasteiger partial charge in [-0.1, -0.05) is 13.3 Å². The van der Waals surface area contributed by atoms with Crippen molar-refractivity contribution in [2.24, 2.45) is 17.6 Å². The van der Waals surface area contributed by atoms with Gasteiger partial charge in [0.15, 0.2) is 0 Å². The van der Waals surface area contributed by atoms with Crippen molar-refractivity contribution in [3.05, 3.63) is 0 Å². The summed E-state index contributed by atoms with van der Waals surface area (Å²) in [6.07, 6.45) is 6.62. The highest BCUT2D eigenvalue weighted by atomic mass is 35.5. The number of likely N-dealkylation sites (tertiary alicyclic amines) is 1. The molecule has 1 saturated carbocycles. The zero-order valence-electron chi connectivity index (χ0n) is 13.9. The number of hydrogen-bond donors (Lipinski definition) is 2. The van der Waals surface area contributed by atoms with Gasteiger partial charge in [-0.15, -0.1) is 24.8 Å². The molecule has 0 aromatic rings. The monoisotopic (exact) mass is 353 g/mol. The Balaban J connectivity index is 0.00000220. The van der Waals surface area contributed by atoms with Crippen LogP contribution in [0.4, 0.5) is 0 Å². The molecule has 1 amide bonds. The Morgan fingerprint density at radius 3 is 2.45 bits per heavy atom. The van der Waals surface area contributed by atoms with Crippen LogP contribution in [0.1, 0.15) is 52.4 Å². The van der Waals surface area contributed by atoms with Crippen LogP contribution >= 0.6 is 24.8 Å². The lowest BCUT2D eigenvalue weighted by Gasteiger charge is -2.35. The smallest absolute Gasteiger partial charge is 0.223 e. The third kappa shape index (κ3) is 6.61. The average molecular weight is 354 g/mol. The van der Waals surface area contributed by atoms with Gasteiger partial charge in [-0.05, 0) is 58.0 Å².